The van der Waals surface area contributed by atoms with E-state index in [-0.39, 0.29) is 23.3 Å². The molecule has 2 N–H and O–H groups in total. The zero-order valence-corrected chi connectivity index (χ0v) is 12.2. The van der Waals surface area contributed by atoms with E-state index in [2.05, 4.69) is 10.6 Å². The van der Waals surface area contributed by atoms with Gasteiger partial charge in [-0.05, 0) is 19.3 Å². The Labute approximate surface area is 122 Å². The van der Waals surface area contributed by atoms with Crippen molar-refractivity contribution in [1.29, 1.82) is 0 Å². The van der Waals surface area contributed by atoms with Crippen LogP contribution in [0.5, 0.6) is 0 Å². The van der Waals surface area contributed by atoms with Gasteiger partial charge in [-0.2, -0.15) is 0 Å². The summed E-state index contributed by atoms with van der Waals surface area (Å²) in [6, 6.07) is -0.498. The number of rotatable bonds is 1. The van der Waals surface area contributed by atoms with E-state index in [1.165, 1.54) is 0 Å². The lowest BCUT2D eigenvalue weighted by Crippen LogP contribution is -2.56. The first kappa shape index (κ1) is 14.3. The van der Waals surface area contributed by atoms with Crippen LogP contribution in [0.3, 0.4) is 0 Å². The van der Waals surface area contributed by atoms with Gasteiger partial charge in [0.05, 0.1) is 17.4 Å². The summed E-state index contributed by atoms with van der Waals surface area (Å²) in [7, 11) is -3.09. The quantitative estimate of drug-likeness (QED) is 0.579. The van der Waals surface area contributed by atoms with Crippen molar-refractivity contribution in [2.45, 2.75) is 24.8 Å². The predicted octanol–water partition coefficient (Wildman–Crippen LogP) is -1.38. The summed E-state index contributed by atoms with van der Waals surface area (Å²) in [4.78, 5) is 37.0. The summed E-state index contributed by atoms with van der Waals surface area (Å²) in [5.41, 5.74) is -0.907. The fraction of sp³-hybridized carbons (Fsp3) is 0.750. The van der Waals surface area contributed by atoms with E-state index in [0.717, 1.165) is 0 Å². The van der Waals surface area contributed by atoms with Gasteiger partial charge in [-0.1, -0.05) is 0 Å². The first-order valence-electron chi connectivity index (χ1n) is 6.94. The number of imide groups is 1. The van der Waals surface area contributed by atoms with E-state index in [9.17, 15) is 22.8 Å². The van der Waals surface area contributed by atoms with Crippen LogP contribution >= 0.6 is 0 Å². The molecule has 9 heteroatoms. The summed E-state index contributed by atoms with van der Waals surface area (Å²) >= 11 is 0. The second kappa shape index (κ2) is 4.69. The molecule has 3 saturated heterocycles. The summed E-state index contributed by atoms with van der Waals surface area (Å²) in [5.74, 6) is -0.973. The predicted molar refractivity (Wildman–Crippen MR) is 72.0 cm³/mol. The van der Waals surface area contributed by atoms with Crippen LogP contribution in [0.2, 0.25) is 0 Å². The van der Waals surface area contributed by atoms with Crippen molar-refractivity contribution in [2.24, 2.45) is 5.92 Å². The number of carbonyl (C=O) groups excluding carboxylic acids is 3. The second-order valence-electron chi connectivity index (χ2n) is 5.92. The molecule has 116 valence electrons. The molecule has 0 saturated carbocycles. The normalized spacial score (nSPS) is 30.3. The van der Waals surface area contributed by atoms with E-state index in [1.807, 2.05) is 0 Å². The molecule has 3 aliphatic heterocycles. The van der Waals surface area contributed by atoms with Crippen molar-refractivity contribution in [1.82, 2.24) is 15.5 Å². The van der Waals surface area contributed by atoms with Crippen molar-refractivity contribution in [3.63, 3.8) is 0 Å². The van der Waals surface area contributed by atoms with Gasteiger partial charge in [-0.25, -0.2) is 13.2 Å². The highest BCUT2D eigenvalue weighted by atomic mass is 32.2. The molecule has 0 radical (unpaired) electrons. The lowest BCUT2D eigenvalue weighted by molar-refractivity contribution is -0.138. The number of carbonyl (C=O) groups is 3. The Hall–Kier alpha value is -1.64. The molecule has 1 atom stereocenters. The Morgan fingerprint density at radius 1 is 1.24 bits per heavy atom. The molecule has 0 aromatic heterocycles. The van der Waals surface area contributed by atoms with Gasteiger partial charge in [-0.15, -0.1) is 0 Å². The molecule has 0 bridgehead atoms. The van der Waals surface area contributed by atoms with Crippen molar-refractivity contribution in [2.75, 3.05) is 24.6 Å². The maximum absolute atomic E-state index is 12.3. The third-order valence-corrected chi connectivity index (χ3v) is 6.29. The van der Waals surface area contributed by atoms with E-state index in [0.29, 0.717) is 32.4 Å². The standard InChI is InChI=1S/C12H17N3O5S/c16-9(8-1-6-21(19,20)7-8)15-4-2-12(3-5-15)10(17)13-11(18)14-12/h8H,1-7H2,(H2,13,14,17,18). The van der Waals surface area contributed by atoms with E-state index in [1.54, 1.807) is 4.90 Å². The average Bonchev–Trinajstić information content (AvgIpc) is 2.90. The zero-order valence-electron chi connectivity index (χ0n) is 11.4. The smallest absolute Gasteiger partial charge is 0.322 e. The fourth-order valence-corrected chi connectivity index (χ4v) is 4.97. The number of nitrogens with one attached hydrogen (secondary N) is 2. The minimum Gasteiger partial charge on any atom is -0.342 e. The third kappa shape index (κ3) is 2.50. The van der Waals surface area contributed by atoms with Crippen LogP contribution in [0.1, 0.15) is 19.3 Å². The molecule has 4 amide bonds. The molecule has 3 aliphatic rings. The summed E-state index contributed by atoms with van der Waals surface area (Å²) in [6.07, 6.45) is 1.09. The van der Waals surface area contributed by atoms with E-state index < -0.39 is 27.3 Å². The highest BCUT2D eigenvalue weighted by molar-refractivity contribution is 7.91. The first-order valence-corrected chi connectivity index (χ1v) is 8.76. The molecule has 0 aromatic rings. The minimum absolute atomic E-state index is 0.0691. The topological polar surface area (TPSA) is 113 Å². The van der Waals surface area contributed by atoms with Crippen LogP contribution in [-0.4, -0.2) is 61.3 Å². The van der Waals surface area contributed by atoms with Gasteiger partial charge in [0.2, 0.25) is 5.91 Å². The van der Waals surface area contributed by atoms with Crippen LogP contribution in [-0.2, 0) is 19.4 Å². The van der Waals surface area contributed by atoms with Crippen LogP contribution in [0.4, 0.5) is 4.79 Å². The van der Waals surface area contributed by atoms with Gasteiger partial charge in [0.25, 0.3) is 5.91 Å². The van der Waals surface area contributed by atoms with E-state index in [4.69, 9.17) is 0 Å². The summed E-state index contributed by atoms with van der Waals surface area (Å²) in [6.45, 7) is 0.701. The lowest BCUT2D eigenvalue weighted by Gasteiger charge is -2.37. The molecule has 0 aromatic carbocycles. The number of hydrogen-bond acceptors (Lipinski definition) is 5. The summed E-state index contributed by atoms with van der Waals surface area (Å²) < 4.78 is 22.9. The monoisotopic (exact) mass is 315 g/mol. The van der Waals surface area contributed by atoms with Gasteiger partial charge >= 0.3 is 6.03 Å². The zero-order chi connectivity index (χ0) is 15.3. The van der Waals surface area contributed by atoms with Gasteiger partial charge in [0.1, 0.15) is 5.54 Å². The van der Waals surface area contributed by atoms with Crippen LogP contribution in [0.15, 0.2) is 0 Å². The Morgan fingerprint density at radius 2 is 1.90 bits per heavy atom. The Balaban J connectivity index is 1.63. The number of hydrogen-bond donors (Lipinski definition) is 2. The SMILES string of the molecule is O=C1NC(=O)C2(CCN(C(=O)C3CCS(=O)(=O)C3)CC2)N1. The van der Waals surface area contributed by atoms with E-state index >= 15 is 0 Å². The minimum atomic E-state index is -3.09. The number of nitrogens with zero attached hydrogens (tertiary/aromatic N) is 1. The largest absolute Gasteiger partial charge is 0.342 e. The molecule has 3 fully saturated rings. The Kier molecular flexibility index (Phi) is 3.19. The van der Waals surface area contributed by atoms with Crippen molar-refractivity contribution in [3.05, 3.63) is 0 Å². The molecule has 8 nitrogen and oxygen atoms in total. The molecular formula is C12H17N3O5S. The second-order valence-corrected chi connectivity index (χ2v) is 8.14. The first-order chi connectivity index (χ1) is 9.81. The van der Waals surface area contributed by atoms with Crippen LogP contribution in [0, 0.1) is 5.92 Å². The summed E-state index contributed by atoms with van der Waals surface area (Å²) in [5, 5.41) is 4.84. The van der Waals surface area contributed by atoms with Crippen LogP contribution in [0.25, 0.3) is 0 Å². The average molecular weight is 315 g/mol. The van der Waals surface area contributed by atoms with Crippen molar-refractivity contribution in [3.8, 4) is 0 Å². The van der Waals surface area contributed by atoms with Crippen molar-refractivity contribution >= 4 is 27.7 Å². The Morgan fingerprint density at radius 3 is 2.38 bits per heavy atom. The number of likely N-dealkylation sites (tertiary alicyclic amines) is 1. The number of sulfone groups is 1. The number of amides is 4. The Bertz CT molecular complexity index is 606. The molecule has 3 heterocycles. The molecule has 21 heavy (non-hydrogen) atoms. The van der Waals surface area contributed by atoms with Gasteiger partial charge in [-0.3, -0.25) is 14.9 Å². The highest BCUT2D eigenvalue weighted by Gasteiger charge is 2.49. The lowest BCUT2D eigenvalue weighted by atomic mass is 9.87. The van der Waals surface area contributed by atoms with Gasteiger partial charge < -0.3 is 10.2 Å². The molecule has 3 rings (SSSR count). The molecule has 1 unspecified atom stereocenters. The van der Waals surface area contributed by atoms with Crippen LogP contribution < -0.4 is 10.6 Å². The molecule has 0 aliphatic carbocycles. The highest BCUT2D eigenvalue weighted by Crippen LogP contribution is 2.28. The van der Waals surface area contributed by atoms with Gasteiger partial charge in [0, 0.05) is 13.1 Å². The maximum Gasteiger partial charge on any atom is 0.322 e. The molecule has 1 spiro atoms. The fourth-order valence-electron chi connectivity index (χ4n) is 3.24. The maximum atomic E-state index is 12.3. The molecular weight excluding hydrogens is 298 g/mol. The number of piperidine rings is 1. The van der Waals surface area contributed by atoms with Crippen molar-refractivity contribution < 1.29 is 22.8 Å². The third-order valence-electron chi connectivity index (χ3n) is 4.52. The number of urea groups is 1. The van der Waals surface area contributed by atoms with Gasteiger partial charge in [0.15, 0.2) is 9.84 Å².